The number of piperidine rings is 1. The van der Waals surface area contributed by atoms with Gasteiger partial charge in [-0.3, -0.25) is 14.9 Å². The molecular weight excluding hydrogens is 462 g/mol. The maximum absolute atomic E-state index is 13.1. The number of benzene rings is 2. The summed E-state index contributed by atoms with van der Waals surface area (Å²) in [6.45, 7) is 3.38. The lowest BCUT2D eigenvalue weighted by molar-refractivity contribution is -0.385. The fraction of sp³-hybridized carbons (Fsp3) is 0.435. The maximum atomic E-state index is 13.1. The molecule has 2 aliphatic heterocycles. The average Bonchev–Trinajstić information content (AvgIpc) is 2.83. The summed E-state index contributed by atoms with van der Waals surface area (Å²) in [5.41, 5.74) is 1.10. The SMILES string of the molecule is Cc1ccc([N+](=O)[O-])cc1S(=O)(=O)N1CCC(C(=O)N(C)Cc2ccc3c(c2)OCCO3)CC1. The topological polar surface area (TPSA) is 119 Å². The molecule has 10 nitrogen and oxygen atoms in total. The Balaban J connectivity index is 1.39. The monoisotopic (exact) mass is 489 g/mol. The molecule has 11 heteroatoms. The molecule has 1 amide bonds. The van der Waals surface area contributed by atoms with Gasteiger partial charge in [-0.25, -0.2) is 8.42 Å². The number of amides is 1. The Hall–Kier alpha value is -3.18. The predicted octanol–water partition coefficient (Wildman–Crippen LogP) is 2.73. The van der Waals surface area contributed by atoms with Gasteiger partial charge in [-0.15, -0.1) is 0 Å². The van der Waals surface area contributed by atoms with Gasteiger partial charge in [0.05, 0.1) is 9.82 Å². The molecule has 1 saturated heterocycles. The minimum absolute atomic E-state index is 0.0431. The summed E-state index contributed by atoms with van der Waals surface area (Å²) in [5.74, 6) is 1.02. The first kappa shape index (κ1) is 24.0. The van der Waals surface area contributed by atoms with Gasteiger partial charge < -0.3 is 14.4 Å². The molecule has 4 rings (SSSR count). The van der Waals surface area contributed by atoms with Crippen molar-refractivity contribution in [2.45, 2.75) is 31.2 Å². The smallest absolute Gasteiger partial charge is 0.270 e. The van der Waals surface area contributed by atoms with Crippen LogP contribution >= 0.6 is 0 Å². The van der Waals surface area contributed by atoms with Crippen molar-refractivity contribution >= 4 is 21.6 Å². The first-order chi connectivity index (χ1) is 16.2. The highest BCUT2D eigenvalue weighted by Gasteiger charge is 2.34. The molecule has 0 spiro atoms. The van der Waals surface area contributed by atoms with Crippen LogP contribution in [0.15, 0.2) is 41.3 Å². The van der Waals surface area contributed by atoms with E-state index in [2.05, 4.69) is 0 Å². The number of nitrogens with zero attached hydrogens (tertiary/aromatic N) is 3. The Bertz CT molecular complexity index is 1210. The van der Waals surface area contributed by atoms with Crippen molar-refractivity contribution in [3.63, 3.8) is 0 Å². The number of carbonyl (C=O) groups is 1. The predicted molar refractivity (Wildman–Crippen MR) is 123 cm³/mol. The van der Waals surface area contributed by atoms with Crippen LogP contribution in [0.1, 0.15) is 24.0 Å². The van der Waals surface area contributed by atoms with Gasteiger partial charge in [-0.1, -0.05) is 12.1 Å². The first-order valence-corrected chi connectivity index (χ1v) is 12.5. The van der Waals surface area contributed by atoms with Gasteiger partial charge in [0.15, 0.2) is 11.5 Å². The van der Waals surface area contributed by atoms with Gasteiger partial charge in [-0.05, 0) is 43.0 Å². The van der Waals surface area contributed by atoms with E-state index in [0.29, 0.717) is 49.7 Å². The lowest BCUT2D eigenvalue weighted by Crippen LogP contribution is -2.43. The van der Waals surface area contributed by atoms with Crippen LogP contribution in [0.3, 0.4) is 0 Å². The summed E-state index contributed by atoms with van der Waals surface area (Å²) in [7, 11) is -2.17. The summed E-state index contributed by atoms with van der Waals surface area (Å²) in [6.07, 6.45) is 0.773. The van der Waals surface area contributed by atoms with Crippen LogP contribution < -0.4 is 9.47 Å². The molecule has 2 aromatic carbocycles. The zero-order chi connectivity index (χ0) is 24.5. The van der Waals surface area contributed by atoms with Gasteiger partial charge >= 0.3 is 0 Å². The second-order valence-electron chi connectivity index (χ2n) is 8.56. The minimum Gasteiger partial charge on any atom is -0.486 e. The van der Waals surface area contributed by atoms with Gasteiger partial charge in [-0.2, -0.15) is 4.31 Å². The van der Waals surface area contributed by atoms with Gasteiger partial charge in [0.25, 0.3) is 5.69 Å². The Morgan fingerprint density at radius 3 is 2.47 bits per heavy atom. The number of hydrogen-bond acceptors (Lipinski definition) is 7. The zero-order valence-electron chi connectivity index (χ0n) is 19.1. The molecule has 2 aliphatic rings. The lowest BCUT2D eigenvalue weighted by Gasteiger charge is -2.33. The molecule has 0 N–H and O–H groups in total. The third-order valence-electron chi connectivity index (χ3n) is 6.21. The molecule has 34 heavy (non-hydrogen) atoms. The van der Waals surface area contributed by atoms with Crippen LogP contribution in [0, 0.1) is 23.0 Å². The minimum atomic E-state index is -3.90. The number of carbonyl (C=O) groups excluding carboxylic acids is 1. The Labute approximate surface area is 198 Å². The van der Waals surface area contributed by atoms with Crippen LogP contribution in [-0.4, -0.2) is 61.8 Å². The van der Waals surface area contributed by atoms with Crippen LogP contribution in [0.2, 0.25) is 0 Å². The Morgan fingerprint density at radius 1 is 1.12 bits per heavy atom. The Morgan fingerprint density at radius 2 is 1.79 bits per heavy atom. The third kappa shape index (κ3) is 4.85. The molecule has 0 atom stereocenters. The van der Waals surface area contributed by atoms with Crippen LogP contribution in [0.4, 0.5) is 5.69 Å². The van der Waals surface area contributed by atoms with Crippen molar-refractivity contribution in [3.05, 3.63) is 57.6 Å². The number of sulfonamides is 1. The molecule has 0 unspecified atom stereocenters. The van der Waals surface area contributed by atoms with E-state index in [0.717, 1.165) is 11.6 Å². The first-order valence-electron chi connectivity index (χ1n) is 11.1. The van der Waals surface area contributed by atoms with E-state index in [4.69, 9.17) is 9.47 Å². The number of nitro groups is 1. The zero-order valence-corrected chi connectivity index (χ0v) is 19.9. The van der Waals surface area contributed by atoms with Gasteiger partial charge in [0, 0.05) is 44.7 Å². The van der Waals surface area contributed by atoms with Crippen LogP contribution in [-0.2, 0) is 21.4 Å². The van der Waals surface area contributed by atoms with Crippen molar-refractivity contribution in [1.82, 2.24) is 9.21 Å². The summed E-state index contributed by atoms with van der Waals surface area (Å²) in [4.78, 5) is 25.1. The van der Waals surface area contributed by atoms with Gasteiger partial charge in [0.2, 0.25) is 15.9 Å². The Kier molecular flexibility index (Phi) is 6.76. The lowest BCUT2D eigenvalue weighted by atomic mass is 9.96. The van der Waals surface area contributed by atoms with E-state index in [-0.39, 0.29) is 35.5 Å². The summed E-state index contributed by atoms with van der Waals surface area (Å²) >= 11 is 0. The van der Waals surface area contributed by atoms with E-state index in [9.17, 15) is 23.3 Å². The number of hydrogen-bond donors (Lipinski definition) is 0. The van der Waals surface area contributed by atoms with E-state index in [1.54, 1.807) is 18.9 Å². The number of nitro benzene ring substituents is 1. The highest BCUT2D eigenvalue weighted by atomic mass is 32.2. The maximum Gasteiger partial charge on any atom is 0.270 e. The largest absolute Gasteiger partial charge is 0.486 e. The molecule has 2 aromatic rings. The van der Waals surface area contributed by atoms with Crippen LogP contribution in [0.25, 0.3) is 0 Å². The molecule has 0 bridgehead atoms. The van der Waals surface area contributed by atoms with E-state index in [1.165, 1.54) is 16.4 Å². The molecule has 182 valence electrons. The van der Waals surface area contributed by atoms with Crippen LogP contribution in [0.5, 0.6) is 11.5 Å². The molecule has 0 aromatic heterocycles. The number of non-ortho nitro benzene ring substituents is 1. The van der Waals surface area contributed by atoms with E-state index >= 15 is 0 Å². The average molecular weight is 490 g/mol. The molecule has 0 radical (unpaired) electrons. The molecule has 0 saturated carbocycles. The second kappa shape index (κ2) is 9.59. The van der Waals surface area contributed by atoms with E-state index in [1.807, 2.05) is 18.2 Å². The van der Waals surface area contributed by atoms with Crippen molar-refractivity contribution in [2.75, 3.05) is 33.4 Å². The summed E-state index contributed by atoms with van der Waals surface area (Å²) in [6, 6.07) is 9.43. The third-order valence-corrected chi connectivity index (χ3v) is 8.25. The molecule has 0 aliphatic carbocycles. The standard InChI is InChI=1S/C23H27N3O7S/c1-16-3-5-19(26(28)29)14-22(16)34(30,31)25-9-7-18(8-10-25)23(27)24(2)15-17-4-6-20-21(13-17)33-12-11-32-20/h3-6,13-14,18H,7-12,15H2,1-2H3. The highest BCUT2D eigenvalue weighted by Crippen LogP contribution is 2.32. The van der Waals surface area contributed by atoms with Crippen molar-refractivity contribution < 1.29 is 27.6 Å². The fourth-order valence-electron chi connectivity index (χ4n) is 4.31. The number of rotatable bonds is 6. The summed E-state index contributed by atoms with van der Waals surface area (Å²) in [5, 5.41) is 11.1. The molecular formula is C23H27N3O7S. The second-order valence-corrected chi connectivity index (χ2v) is 10.5. The van der Waals surface area contributed by atoms with Crippen molar-refractivity contribution in [2.24, 2.45) is 5.92 Å². The normalized spacial score (nSPS) is 16.8. The molecule has 1 fully saturated rings. The van der Waals surface area contributed by atoms with Crippen molar-refractivity contribution in [3.8, 4) is 11.5 Å². The van der Waals surface area contributed by atoms with E-state index < -0.39 is 14.9 Å². The quantitative estimate of drug-likeness (QED) is 0.452. The number of aryl methyl sites for hydroxylation is 1. The number of ether oxygens (including phenoxy) is 2. The molecule has 2 heterocycles. The summed E-state index contributed by atoms with van der Waals surface area (Å²) < 4.78 is 38.7. The van der Waals surface area contributed by atoms with Crippen molar-refractivity contribution in [1.29, 1.82) is 0 Å². The van der Waals surface area contributed by atoms with Gasteiger partial charge in [0.1, 0.15) is 13.2 Å². The fourth-order valence-corrected chi connectivity index (χ4v) is 6.03. The number of fused-ring (bicyclic) bond motifs is 1. The highest BCUT2D eigenvalue weighted by molar-refractivity contribution is 7.89.